The number of carbonyl (C=O) groups excluding carboxylic acids is 1. The van der Waals surface area contributed by atoms with Gasteiger partial charge in [-0.3, -0.25) is 14.5 Å². The minimum absolute atomic E-state index is 0.0258. The number of aliphatic carboxylic acids is 1. The van der Waals surface area contributed by atoms with E-state index in [1.54, 1.807) is 4.90 Å². The van der Waals surface area contributed by atoms with Crippen molar-refractivity contribution in [1.82, 2.24) is 9.80 Å². The standard InChI is InChI=1S/C21H30N2O4/c1-22(17-9-5-6-10-17)15-19(25)23-12-11-21(20(26)27,18(24)14-23)13-16-7-3-2-4-8-16/h2-4,7-8,17-18,24H,5-6,9-15H2,1H3,(H,26,27)/t18-,21+/m0/s1. The number of β-amino-alcohol motifs (C(OH)–C–C–N with tert-alkyl or cyclic N) is 1. The summed E-state index contributed by atoms with van der Waals surface area (Å²) in [4.78, 5) is 28.5. The van der Waals surface area contributed by atoms with Crippen LogP contribution in [0.5, 0.6) is 0 Å². The number of benzene rings is 1. The van der Waals surface area contributed by atoms with Crippen molar-refractivity contribution in [3.8, 4) is 0 Å². The molecule has 1 amide bonds. The van der Waals surface area contributed by atoms with Crippen LogP contribution in [0.1, 0.15) is 37.7 Å². The zero-order valence-electron chi connectivity index (χ0n) is 16.0. The number of rotatable bonds is 6. The van der Waals surface area contributed by atoms with E-state index >= 15 is 0 Å². The summed E-state index contributed by atoms with van der Waals surface area (Å²) in [7, 11) is 1.98. The number of hydrogen-bond donors (Lipinski definition) is 2. The lowest BCUT2D eigenvalue weighted by atomic mass is 9.71. The summed E-state index contributed by atoms with van der Waals surface area (Å²) >= 11 is 0. The van der Waals surface area contributed by atoms with Crippen LogP contribution >= 0.6 is 0 Å². The third-order valence-electron chi connectivity index (χ3n) is 6.33. The van der Waals surface area contributed by atoms with Crippen molar-refractivity contribution in [2.45, 2.75) is 50.7 Å². The fraction of sp³-hybridized carbons (Fsp3) is 0.619. The van der Waals surface area contributed by atoms with Crippen LogP contribution in [-0.2, 0) is 16.0 Å². The molecule has 1 saturated carbocycles. The molecule has 1 aliphatic carbocycles. The number of amides is 1. The van der Waals surface area contributed by atoms with E-state index in [9.17, 15) is 19.8 Å². The van der Waals surface area contributed by atoms with Gasteiger partial charge in [-0.1, -0.05) is 43.2 Å². The number of likely N-dealkylation sites (tertiary alicyclic amines) is 1. The number of carboxylic acids is 1. The largest absolute Gasteiger partial charge is 0.481 e. The second-order valence-electron chi connectivity index (χ2n) is 8.08. The molecule has 0 unspecified atom stereocenters. The number of piperidine rings is 1. The van der Waals surface area contributed by atoms with Gasteiger partial charge >= 0.3 is 5.97 Å². The van der Waals surface area contributed by atoms with Gasteiger partial charge in [0.15, 0.2) is 0 Å². The first-order valence-corrected chi connectivity index (χ1v) is 9.86. The molecule has 6 heteroatoms. The van der Waals surface area contributed by atoms with Gasteiger partial charge in [0.05, 0.1) is 12.6 Å². The fourth-order valence-electron chi connectivity index (χ4n) is 4.48. The van der Waals surface area contributed by atoms with Crippen LogP contribution in [0.25, 0.3) is 0 Å². The number of hydrogen-bond acceptors (Lipinski definition) is 4. The number of carboxylic acid groups (broad SMARTS) is 1. The summed E-state index contributed by atoms with van der Waals surface area (Å²) in [6.45, 7) is 0.778. The summed E-state index contributed by atoms with van der Waals surface area (Å²) in [6.07, 6.45) is 4.14. The zero-order chi connectivity index (χ0) is 19.4. The van der Waals surface area contributed by atoms with Gasteiger partial charge < -0.3 is 15.1 Å². The molecule has 0 bridgehead atoms. The highest BCUT2D eigenvalue weighted by Crippen LogP contribution is 2.36. The van der Waals surface area contributed by atoms with Gasteiger partial charge in [-0.15, -0.1) is 0 Å². The van der Waals surface area contributed by atoms with Crippen LogP contribution in [-0.4, -0.2) is 70.7 Å². The van der Waals surface area contributed by atoms with E-state index in [1.165, 1.54) is 12.8 Å². The van der Waals surface area contributed by atoms with Crippen molar-refractivity contribution in [3.05, 3.63) is 35.9 Å². The summed E-state index contributed by atoms with van der Waals surface area (Å²) < 4.78 is 0. The molecule has 1 saturated heterocycles. The zero-order valence-corrected chi connectivity index (χ0v) is 16.0. The highest BCUT2D eigenvalue weighted by Gasteiger charge is 2.49. The summed E-state index contributed by atoms with van der Waals surface area (Å²) in [6, 6.07) is 9.84. The molecule has 6 nitrogen and oxygen atoms in total. The Morgan fingerprint density at radius 2 is 1.89 bits per heavy atom. The van der Waals surface area contributed by atoms with Crippen LogP contribution in [0.3, 0.4) is 0 Å². The van der Waals surface area contributed by atoms with Crippen LogP contribution in [0.2, 0.25) is 0 Å². The number of aliphatic hydroxyl groups is 1. The predicted molar refractivity (Wildman–Crippen MR) is 102 cm³/mol. The minimum Gasteiger partial charge on any atom is -0.481 e. The highest BCUT2D eigenvalue weighted by atomic mass is 16.4. The molecule has 2 aliphatic rings. The van der Waals surface area contributed by atoms with E-state index in [4.69, 9.17) is 0 Å². The summed E-state index contributed by atoms with van der Waals surface area (Å²) in [5, 5.41) is 20.6. The fourth-order valence-corrected chi connectivity index (χ4v) is 4.48. The van der Waals surface area contributed by atoms with Crippen molar-refractivity contribution in [1.29, 1.82) is 0 Å². The number of nitrogens with zero attached hydrogens (tertiary/aromatic N) is 2. The smallest absolute Gasteiger partial charge is 0.312 e. The molecular formula is C21H30N2O4. The lowest BCUT2D eigenvalue weighted by Gasteiger charge is -2.43. The first-order valence-electron chi connectivity index (χ1n) is 9.86. The van der Waals surface area contributed by atoms with E-state index in [0.29, 0.717) is 19.1 Å². The van der Waals surface area contributed by atoms with Crippen LogP contribution < -0.4 is 0 Å². The second kappa shape index (κ2) is 8.40. The first-order chi connectivity index (χ1) is 12.9. The van der Waals surface area contributed by atoms with Gasteiger partial charge in [-0.25, -0.2) is 0 Å². The Morgan fingerprint density at radius 1 is 1.22 bits per heavy atom. The Kier molecular flexibility index (Phi) is 6.17. The molecule has 1 aliphatic heterocycles. The Bertz CT molecular complexity index is 659. The van der Waals surface area contributed by atoms with Gasteiger partial charge in [-0.05, 0) is 38.3 Å². The molecular weight excluding hydrogens is 344 g/mol. The van der Waals surface area contributed by atoms with Crippen molar-refractivity contribution >= 4 is 11.9 Å². The van der Waals surface area contributed by atoms with E-state index in [1.807, 2.05) is 37.4 Å². The van der Waals surface area contributed by atoms with Crippen LogP contribution in [0.4, 0.5) is 0 Å². The summed E-state index contributed by atoms with van der Waals surface area (Å²) in [5.41, 5.74) is -0.352. The Morgan fingerprint density at radius 3 is 2.48 bits per heavy atom. The molecule has 0 spiro atoms. The molecule has 27 heavy (non-hydrogen) atoms. The summed E-state index contributed by atoms with van der Waals surface area (Å²) in [5.74, 6) is -1.02. The third kappa shape index (κ3) is 4.33. The molecule has 0 aromatic heterocycles. The number of carbonyl (C=O) groups is 2. The van der Waals surface area contributed by atoms with Crippen LogP contribution in [0, 0.1) is 5.41 Å². The Labute approximate surface area is 160 Å². The van der Waals surface area contributed by atoms with Gasteiger partial charge in [0.2, 0.25) is 5.91 Å². The normalized spacial score (nSPS) is 26.5. The van der Waals surface area contributed by atoms with Crippen molar-refractivity contribution in [3.63, 3.8) is 0 Å². The SMILES string of the molecule is CN(CC(=O)N1CC[C@](Cc2ccccc2)(C(=O)O)[C@@H](O)C1)C1CCCC1. The molecule has 1 aromatic carbocycles. The maximum absolute atomic E-state index is 12.7. The van der Waals surface area contributed by atoms with Gasteiger partial charge in [0.1, 0.15) is 5.41 Å². The molecule has 2 atom stereocenters. The lowest BCUT2D eigenvalue weighted by molar-refractivity contribution is -0.166. The quantitative estimate of drug-likeness (QED) is 0.793. The van der Waals surface area contributed by atoms with Gasteiger partial charge in [0.25, 0.3) is 0 Å². The average molecular weight is 374 g/mol. The highest BCUT2D eigenvalue weighted by molar-refractivity contribution is 5.80. The van der Waals surface area contributed by atoms with E-state index in [0.717, 1.165) is 18.4 Å². The topological polar surface area (TPSA) is 81.1 Å². The molecule has 1 aromatic rings. The number of likely N-dealkylation sites (N-methyl/N-ethyl adjacent to an activating group) is 1. The molecule has 1 heterocycles. The molecule has 2 N–H and O–H groups in total. The Hall–Kier alpha value is -1.92. The van der Waals surface area contributed by atoms with E-state index in [-0.39, 0.29) is 25.3 Å². The molecule has 2 fully saturated rings. The average Bonchev–Trinajstić information content (AvgIpc) is 3.19. The van der Waals surface area contributed by atoms with E-state index < -0.39 is 17.5 Å². The van der Waals surface area contributed by atoms with Crippen LogP contribution in [0.15, 0.2) is 30.3 Å². The maximum atomic E-state index is 12.7. The molecule has 148 valence electrons. The van der Waals surface area contributed by atoms with Crippen molar-refractivity contribution < 1.29 is 19.8 Å². The molecule has 3 rings (SSSR count). The van der Waals surface area contributed by atoms with Crippen molar-refractivity contribution in [2.24, 2.45) is 5.41 Å². The number of aliphatic hydroxyl groups excluding tert-OH is 1. The Balaban J connectivity index is 1.64. The monoisotopic (exact) mass is 374 g/mol. The lowest BCUT2D eigenvalue weighted by Crippen LogP contribution is -2.58. The van der Waals surface area contributed by atoms with Gasteiger partial charge in [0, 0.05) is 19.1 Å². The molecule has 0 radical (unpaired) electrons. The second-order valence-corrected chi connectivity index (χ2v) is 8.08. The maximum Gasteiger partial charge on any atom is 0.312 e. The van der Waals surface area contributed by atoms with E-state index in [2.05, 4.69) is 4.90 Å². The predicted octanol–water partition coefficient (Wildman–Crippen LogP) is 1.77. The first kappa shape index (κ1) is 19.8. The minimum atomic E-state index is -1.24. The van der Waals surface area contributed by atoms with Gasteiger partial charge in [-0.2, -0.15) is 0 Å². The third-order valence-corrected chi connectivity index (χ3v) is 6.33. The van der Waals surface area contributed by atoms with Crippen molar-refractivity contribution in [2.75, 3.05) is 26.7 Å².